The largest absolute Gasteiger partial charge is 0.462 e. The van der Waals surface area contributed by atoms with Gasteiger partial charge in [0.05, 0.1) is 0 Å². The molecule has 0 fully saturated rings. The summed E-state index contributed by atoms with van der Waals surface area (Å²) in [4.78, 5) is 38.4. The fourth-order valence-corrected chi connectivity index (χ4v) is 10.2. The predicted molar refractivity (Wildman–Crippen MR) is 353 cm³/mol. The number of unbranched alkanes of at least 4 members (excludes halogenated alkanes) is 39. The maximum Gasteiger partial charge on any atom is 0.306 e. The summed E-state index contributed by atoms with van der Waals surface area (Å²) in [6.07, 6.45) is 91.7. The Hall–Kier alpha value is -3.41. The first-order valence-electron chi connectivity index (χ1n) is 35.1. The third-order valence-corrected chi connectivity index (χ3v) is 15.4. The highest BCUT2D eigenvalue weighted by atomic mass is 16.6. The molecule has 0 amide bonds. The normalized spacial score (nSPS) is 12.6. The number of rotatable bonds is 64. The van der Waals surface area contributed by atoms with Crippen LogP contribution >= 0.6 is 0 Å². The summed E-state index contributed by atoms with van der Waals surface area (Å²) in [5.41, 5.74) is 0. The van der Waals surface area contributed by atoms with Crippen LogP contribution in [0.2, 0.25) is 0 Å². The zero-order chi connectivity index (χ0) is 58.5. The van der Waals surface area contributed by atoms with Gasteiger partial charge in [-0.15, -0.1) is 0 Å². The number of carbonyl (C=O) groups is 3. The zero-order valence-corrected chi connectivity index (χ0v) is 53.8. The van der Waals surface area contributed by atoms with Crippen LogP contribution in [0.1, 0.15) is 355 Å². The number of esters is 3. The monoisotopic (exact) mass is 1130 g/mol. The fourth-order valence-electron chi connectivity index (χ4n) is 10.2. The van der Waals surface area contributed by atoms with Gasteiger partial charge in [0.1, 0.15) is 13.2 Å². The van der Waals surface area contributed by atoms with E-state index >= 15 is 0 Å². The number of hydrogen-bond donors (Lipinski definition) is 0. The first-order valence-corrected chi connectivity index (χ1v) is 35.1. The number of hydrogen-bond acceptors (Lipinski definition) is 6. The van der Waals surface area contributed by atoms with E-state index in [2.05, 4.69) is 106 Å². The van der Waals surface area contributed by atoms with Gasteiger partial charge in [0.25, 0.3) is 0 Å². The summed E-state index contributed by atoms with van der Waals surface area (Å²) >= 11 is 0. The molecular weight excluding hydrogens is 997 g/mol. The fraction of sp³-hybridized carbons (Fsp3) is 0.773. The van der Waals surface area contributed by atoms with E-state index in [0.717, 1.165) is 103 Å². The van der Waals surface area contributed by atoms with Crippen molar-refractivity contribution in [3.05, 3.63) is 85.1 Å². The lowest BCUT2D eigenvalue weighted by Gasteiger charge is -2.18. The topological polar surface area (TPSA) is 78.9 Å². The highest BCUT2D eigenvalue weighted by molar-refractivity contribution is 5.71. The highest BCUT2D eigenvalue weighted by Crippen LogP contribution is 2.17. The molecule has 0 N–H and O–H groups in total. The van der Waals surface area contributed by atoms with Gasteiger partial charge in [-0.25, -0.2) is 0 Å². The summed E-state index contributed by atoms with van der Waals surface area (Å²) < 4.78 is 17.0. The van der Waals surface area contributed by atoms with Crippen molar-refractivity contribution in [3.63, 3.8) is 0 Å². The molecule has 0 bridgehead atoms. The van der Waals surface area contributed by atoms with Gasteiger partial charge in [0.2, 0.25) is 0 Å². The van der Waals surface area contributed by atoms with Crippen LogP contribution in [0.15, 0.2) is 85.1 Å². The molecule has 0 rings (SSSR count). The Morgan fingerprint density at radius 1 is 0.259 bits per heavy atom. The van der Waals surface area contributed by atoms with Crippen molar-refractivity contribution in [2.75, 3.05) is 13.2 Å². The Labute approximate surface area is 503 Å². The molecule has 0 heterocycles. The Kier molecular flexibility index (Phi) is 66.2. The van der Waals surface area contributed by atoms with Gasteiger partial charge in [-0.05, 0) is 96.3 Å². The molecule has 0 aliphatic heterocycles. The molecule has 0 spiro atoms. The average molecular weight is 1130 g/mol. The first-order chi connectivity index (χ1) is 40.0. The molecule has 1 unspecified atom stereocenters. The summed E-state index contributed by atoms with van der Waals surface area (Å²) in [6.45, 7) is 6.56. The van der Waals surface area contributed by atoms with Gasteiger partial charge in [-0.1, -0.05) is 324 Å². The number of carbonyl (C=O) groups excluding carboxylic acids is 3. The van der Waals surface area contributed by atoms with Gasteiger partial charge in [0.15, 0.2) is 6.10 Å². The van der Waals surface area contributed by atoms with Crippen LogP contribution in [-0.4, -0.2) is 37.2 Å². The SMILES string of the molecule is CC/C=C\C/C=C\C/C=C\C/C=C\C/C=C\C/C=C\CCCCCCCCCCCCCCC(=O)OCC(COC(=O)CCCCCCC/C=C\CCCCCCCC)OC(=O)CCCCCCCCCCCCCCCCCCC. The minimum Gasteiger partial charge on any atom is -0.462 e. The Bertz CT molecular complexity index is 1530. The zero-order valence-electron chi connectivity index (χ0n) is 53.8. The molecule has 0 aliphatic rings. The molecule has 0 aromatic rings. The standard InChI is InChI=1S/C75H132O6/c1-4-7-10-13-16-19-22-25-28-30-31-32-33-34-35-36-37-38-39-40-41-42-43-45-47-50-53-56-59-62-65-68-74(77)80-71-72(70-79-73(76)67-64-61-58-55-52-49-46-27-24-21-18-15-12-9-6-3)81-75(78)69-66-63-60-57-54-51-48-44-29-26-23-20-17-14-11-8-5-2/h7,10,16,19,25,27-28,31-32,34-35,37-38,46,72H,4-6,8-9,11-15,17-18,20-24,26,29-30,33,36,39-45,47-71H2,1-3H3/b10-7-,19-16-,28-25-,32-31-,35-34-,38-37-,46-27-. The maximum atomic E-state index is 12.9. The molecule has 1 atom stereocenters. The van der Waals surface area contributed by atoms with Crippen molar-refractivity contribution < 1.29 is 28.6 Å². The Morgan fingerprint density at radius 2 is 0.481 bits per heavy atom. The minimum absolute atomic E-state index is 0.0756. The lowest BCUT2D eigenvalue weighted by atomic mass is 10.0. The van der Waals surface area contributed by atoms with E-state index in [4.69, 9.17) is 14.2 Å². The van der Waals surface area contributed by atoms with E-state index in [1.807, 2.05) is 0 Å². The molecule has 6 heteroatoms. The lowest BCUT2D eigenvalue weighted by molar-refractivity contribution is -0.167. The second-order valence-corrected chi connectivity index (χ2v) is 23.4. The second-order valence-electron chi connectivity index (χ2n) is 23.4. The van der Waals surface area contributed by atoms with Gasteiger partial charge in [0, 0.05) is 19.3 Å². The molecule has 0 saturated heterocycles. The highest BCUT2D eigenvalue weighted by Gasteiger charge is 2.19. The second kappa shape index (κ2) is 69.1. The summed E-state index contributed by atoms with van der Waals surface area (Å²) in [5, 5.41) is 0. The van der Waals surface area contributed by atoms with Crippen molar-refractivity contribution in [2.45, 2.75) is 361 Å². The van der Waals surface area contributed by atoms with E-state index in [0.29, 0.717) is 19.3 Å². The van der Waals surface area contributed by atoms with Crippen molar-refractivity contribution in [1.29, 1.82) is 0 Å². The van der Waals surface area contributed by atoms with E-state index < -0.39 is 6.10 Å². The van der Waals surface area contributed by atoms with E-state index in [9.17, 15) is 14.4 Å². The summed E-state index contributed by atoms with van der Waals surface area (Å²) in [7, 11) is 0. The molecule has 0 radical (unpaired) electrons. The molecule has 0 saturated carbocycles. The van der Waals surface area contributed by atoms with E-state index in [-0.39, 0.29) is 31.1 Å². The molecular formula is C75H132O6. The predicted octanol–water partition coefficient (Wildman–Crippen LogP) is 24.2. The van der Waals surface area contributed by atoms with E-state index in [1.165, 1.54) is 212 Å². The van der Waals surface area contributed by atoms with Gasteiger partial charge in [-0.2, -0.15) is 0 Å². The molecule has 81 heavy (non-hydrogen) atoms. The van der Waals surface area contributed by atoms with Gasteiger partial charge in [-0.3, -0.25) is 14.4 Å². The smallest absolute Gasteiger partial charge is 0.306 e. The van der Waals surface area contributed by atoms with Crippen LogP contribution in [0, 0.1) is 0 Å². The molecule has 468 valence electrons. The maximum absolute atomic E-state index is 12.9. The van der Waals surface area contributed by atoms with Crippen LogP contribution in [0.3, 0.4) is 0 Å². The molecule has 0 aromatic carbocycles. The summed E-state index contributed by atoms with van der Waals surface area (Å²) in [6, 6.07) is 0. The minimum atomic E-state index is -0.779. The third-order valence-electron chi connectivity index (χ3n) is 15.4. The quantitative estimate of drug-likeness (QED) is 0.0261. The number of ether oxygens (including phenoxy) is 3. The Morgan fingerprint density at radius 3 is 0.765 bits per heavy atom. The van der Waals surface area contributed by atoms with Crippen LogP contribution in [0.25, 0.3) is 0 Å². The average Bonchev–Trinajstić information content (AvgIpc) is 3.47. The van der Waals surface area contributed by atoms with Crippen LogP contribution in [-0.2, 0) is 28.6 Å². The molecule has 6 nitrogen and oxygen atoms in total. The van der Waals surface area contributed by atoms with Crippen molar-refractivity contribution in [2.24, 2.45) is 0 Å². The lowest BCUT2D eigenvalue weighted by Crippen LogP contribution is -2.30. The molecule has 0 aromatic heterocycles. The third kappa shape index (κ3) is 67.3. The summed E-state index contributed by atoms with van der Waals surface area (Å²) in [5.74, 6) is -0.865. The first kappa shape index (κ1) is 77.6. The van der Waals surface area contributed by atoms with Crippen LogP contribution < -0.4 is 0 Å². The van der Waals surface area contributed by atoms with E-state index in [1.54, 1.807) is 0 Å². The van der Waals surface area contributed by atoms with Gasteiger partial charge < -0.3 is 14.2 Å². The number of allylic oxidation sites excluding steroid dienone is 14. The van der Waals surface area contributed by atoms with Crippen LogP contribution in [0.4, 0.5) is 0 Å². The van der Waals surface area contributed by atoms with Crippen LogP contribution in [0.5, 0.6) is 0 Å². The van der Waals surface area contributed by atoms with Crippen molar-refractivity contribution >= 4 is 17.9 Å². The molecule has 0 aliphatic carbocycles. The van der Waals surface area contributed by atoms with Crippen molar-refractivity contribution in [1.82, 2.24) is 0 Å². The van der Waals surface area contributed by atoms with Crippen molar-refractivity contribution in [3.8, 4) is 0 Å². The van der Waals surface area contributed by atoms with Gasteiger partial charge >= 0.3 is 17.9 Å². The Balaban J connectivity index is 4.25.